The molecule has 8 N–H and O–H groups in total. The van der Waals surface area contributed by atoms with Gasteiger partial charge in [0.1, 0.15) is 45.3 Å². The molecular weight excluding hydrogens is 990 g/mol. The second-order valence-corrected chi connectivity index (χ2v) is 11.7. The predicted molar refractivity (Wildman–Crippen MR) is 180 cm³/mol. The number of carboxylic acid groups (broad SMARTS) is 4. The maximum Gasteiger partial charge on any atom is 0.339 e. The molecule has 0 spiro atoms. The molecule has 0 saturated heterocycles. The Balaban J connectivity index is 0.000000623. The normalized spacial score (nSPS) is 9.63. The van der Waals surface area contributed by atoms with Gasteiger partial charge in [0.25, 0.3) is 0 Å². The second kappa shape index (κ2) is 20.7. The number of hydrogen-bond acceptors (Lipinski definition) is 8. The first kappa shape index (κ1) is 46.2. The molecule has 4 aromatic rings. The molecule has 4 aromatic carbocycles. The van der Waals surface area contributed by atoms with E-state index in [1.807, 2.05) is 0 Å². The van der Waals surface area contributed by atoms with Crippen molar-refractivity contribution in [1.29, 1.82) is 0 Å². The van der Waals surface area contributed by atoms with Gasteiger partial charge in [-0.25, -0.2) is 19.2 Å². The fourth-order valence-corrected chi connectivity index (χ4v) is 4.89. The van der Waals surface area contributed by atoms with Crippen LogP contribution in [0.15, 0.2) is 48.5 Å². The molecule has 21 heteroatoms. The summed E-state index contributed by atoms with van der Waals surface area (Å²) < 4.78 is 0. The molecule has 0 atom stereocenters. The number of halogens is 8. The Morgan fingerprint density at radius 3 is 0.612 bits per heavy atom. The van der Waals surface area contributed by atoms with Gasteiger partial charge >= 0.3 is 23.9 Å². The van der Waals surface area contributed by atoms with Crippen LogP contribution in [-0.4, -0.2) is 64.7 Å². The summed E-state index contributed by atoms with van der Waals surface area (Å²) in [6, 6.07) is 9.60. The Morgan fingerprint density at radius 2 is 0.490 bits per heavy atom. The van der Waals surface area contributed by atoms with E-state index in [-0.39, 0.29) is 88.3 Å². The van der Waals surface area contributed by atoms with Crippen LogP contribution in [0.3, 0.4) is 0 Å². The van der Waals surface area contributed by atoms with Crippen LogP contribution in [0.25, 0.3) is 0 Å². The van der Waals surface area contributed by atoms with Gasteiger partial charge in [-0.3, -0.25) is 0 Å². The molecule has 49 heavy (non-hydrogen) atoms. The Hall–Kier alpha value is -2.85. The average Bonchev–Trinajstić information content (AvgIpc) is 2.97. The summed E-state index contributed by atoms with van der Waals surface area (Å²) in [7, 11) is 0. The summed E-state index contributed by atoms with van der Waals surface area (Å²) in [6.45, 7) is 0. The van der Waals surface area contributed by atoms with E-state index in [1.54, 1.807) is 0 Å². The van der Waals surface area contributed by atoms with Crippen molar-refractivity contribution in [2.75, 3.05) is 0 Å². The van der Waals surface area contributed by atoms with E-state index in [0.717, 1.165) is 24.3 Å². The largest absolute Gasteiger partial charge is 0.505 e. The van der Waals surface area contributed by atoms with Gasteiger partial charge in [-0.2, -0.15) is 0 Å². The van der Waals surface area contributed by atoms with E-state index in [2.05, 4.69) is 0 Å². The standard InChI is InChI=1S/4C7H4Cl2O3.Hf/c4*8-3-1-4(7(11)12)6(10)5(9)2-3;/h4*1-2,10H,(H,11,12);. The molecule has 0 bridgehead atoms. The first-order valence-corrected chi connectivity index (χ1v) is 14.8. The minimum atomic E-state index is -1.27. The smallest absolute Gasteiger partial charge is 0.339 e. The molecule has 260 valence electrons. The van der Waals surface area contributed by atoms with Crippen molar-refractivity contribution >= 4 is 117 Å². The number of carbonyl (C=O) groups is 4. The number of hydrogen-bond donors (Lipinski definition) is 8. The molecule has 0 radical (unpaired) electrons. The van der Waals surface area contributed by atoms with Crippen LogP contribution in [0.2, 0.25) is 40.2 Å². The molecule has 0 aliphatic heterocycles. The Labute approximate surface area is 333 Å². The van der Waals surface area contributed by atoms with Crippen molar-refractivity contribution in [3.63, 3.8) is 0 Å². The molecular formula is C28H16Cl8HfO12. The molecule has 0 unspecified atom stereocenters. The second-order valence-electron chi connectivity index (χ2n) is 8.36. The fourth-order valence-electron chi connectivity index (χ4n) is 2.92. The van der Waals surface area contributed by atoms with Gasteiger partial charge in [0, 0.05) is 45.9 Å². The third-order valence-electron chi connectivity index (χ3n) is 5.03. The topological polar surface area (TPSA) is 230 Å². The van der Waals surface area contributed by atoms with Crippen molar-refractivity contribution in [3.8, 4) is 23.0 Å². The van der Waals surface area contributed by atoms with E-state index < -0.39 is 46.9 Å². The zero-order valence-electron chi connectivity index (χ0n) is 23.4. The van der Waals surface area contributed by atoms with Crippen molar-refractivity contribution < 1.29 is 85.9 Å². The minimum Gasteiger partial charge on any atom is -0.505 e. The summed E-state index contributed by atoms with van der Waals surface area (Å²) in [5.74, 6) is -6.92. The van der Waals surface area contributed by atoms with E-state index in [0.29, 0.717) is 0 Å². The number of phenols is 4. The minimum absolute atomic E-state index is 0. The van der Waals surface area contributed by atoms with Crippen LogP contribution in [0.5, 0.6) is 23.0 Å². The summed E-state index contributed by atoms with van der Waals surface area (Å²) in [4.78, 5) is 41.8. The predicted octanol–water partition coefficient (Wildman–Crippen LogP) is 9.59. The third-order valence-corrected chi connectivity index (χ3v) is 7.06. The molecule has 0 aliphatic carbocycles. The van der Waals surface area contributed by atoms with E-state index in [1.165, 1.54) is 24.3 Å². The zero-order chi connectivity index (χ0) is 37.2. The van der Waals surface area contributed by atoms with Crippen LogP contribution in [0, 0.1) is 0 Å². The van der Waals surface area contributed by atoms with Gasteiger partial charge in [-0.15, -0.1) is 0 Å². The van der Waals surface area contributed by atoms with Crippen LogP contribution >= 0.6 is 92.8 Å². The van der Waals surface area contributed by atoms with Crippen LogP contribution < -0.4 is 0 Å². The Morgan fingerprint density at radius 1 is 0.347 bits per heavy atom. The molecule has 0 aromatic heterocycles. The Kier molecular flexibility index (Phi) is 19.5. The van der Waals surface area contributed by atoms with Gasteiger partial charge in [0.2, 0.25) is 0 Å². The van der Waals surface area contributed by atoms with Crippen molar-refractivity contribution in [1.82, 2.24) is 0 Å². The van der Waals surface area contributed by atoms with Gasteiger partial charge < -0.3 is 40.9 Å². The number of aromatic hydroxyl groups is 4. The molecule has 0 fully saturated rings. The molecule has 0 saturated carbocycles. The number of benzene rings is 4. The summed E-state index contributed by atoms with van der Waals surface area (Å²) in [5.41, 5.74) is -1.19. The van der Waals surface area contributed by atoms with Gasteiger partial charge in [-0.05, 0) is 48.5 Å². The fraction of sp³-hybridized carbons (Fsp3) is 0. The van der Waals surface area contributed by atoms with Gasteiger partial charge in [0.15, 0.2) is 0 Å². The number of aromatic carboxylic acids is 4. The van der Waals surface area contributed by atoms with Crippen molar-refractivity contribution in [2.45, 2.75) is 0 Å². The van der Waals surface area contributed by atoms with Crippen LogP contribution in [-0.2, 0) is 25.8 Å². The molecule has 0 amide bonds. The SMILES string of the molecule is O=C(O)c1cc(Cl)cc(Cl)c1O.O=C(O)c1cc(Cl)cc(Cl)c1O.O=C(O)c1cc(Cl)cc(Cl)c1O.O=C(O)c1cc(Cl)cc(Cl)c1O.[Hf]. The molecule has 0 aliphatic rings. The maximum absolute atomic E-state index is 10.4. The number of rotatable bonds is 4. The zero-order valence-corrected chi connectivity index (χ0v) is 33.0. The first-order chi connectivity index (χ1) is 22.1. The maximum atomic E-state index is 10.4. The monoisotopic (exact) mass is 1000 g/mol. The Bertz CT molecular complexity index is 1620. The molecule has 0 heterocycles. The molecule has 12 nitrogen and oxygen atoms in total. The average molecular weight is 1010 g/mol. The molecule has 4 rings (SSSR count). The van der Waals surface area contributed by atoms with Crippen LogP contribution in [0.4, 0.5) is 0 Å². The summed E-state index contributed by atoms with van der Waals surface area (Å²) >= 11 is 43.9. The van der Waals surface area contributed by atoms with Gasteiger partial charge in [0.05, 0.1) is 20.1 Å². The summed E-state index contributed by atoms with van der Waals surface area (Å²) in [5, 5.41) is 71.1. The van der Waals surface area contributed by atoms with Crippen molar-refractivity contribution in [3.05, 3.63) is 111 Å². The number of carboxylic acids is 4. The first-order valence-electron chi connectivity index (χ1n) is 11.7. The van der Waals surface area contributed by atoms with Gasteiger partial charge in [-0.1, -0.05) is 92.8 Å². The summed E-state index contributed by atoms with van der Waals surface area (Å²) in [6.07, 6.45) is 0. The van der Waals surface area contributed by atoms with Crippen molar-refractivity contribution in [2.24, 2.45) is 0 Å². The van der Waals surface area contributed by atoms with E-state index in [9.17, 15) is 19.2 Å². The van der Waals surface area contributed by atoms with E-state index in [4.69, 9.17) is 134 Å². The quantitative estimate of drug-likeness (QED) is 0.0894. The third kappa shape index (κ3) is 14.1. The van der Waals surface area contributed by atoms with Crippen LogP contribution in [0.1, 0.15) is 41.4 Å². The van der Waals surface area contributed by atoms with E-state index >= 15 is 0 Å².